The highest BCUT2D eigenvalue weighted by molar-refractivity contribution is 7.80. The molecular formula is C10H11N3S. The van der Waals surface area contributed by atoms with Crippen LogP contribution in [0.4, 0.5) is 0 Å². The van der Waals surface area contributed by atoms with Gasteiger partial charge in [-0.2, -0.15) is 5.10 Å². The number of thiocarbonyl (C=S) groups is 1. The number of aryl methyl sites for hydroxylation is 1. The van der Waals surface area contributed by atoms with Crippen LogP contribution in [0.3, 0.4) is 0 Å². The van der Waals surface area contributed by atoms with Crippen molar-refractivity contribution in [1.29, 1.82) is 0 Å². The van der Waals surface area contributed by atoms with Crippen molar-refractivity contribution >= 4 is 22.9 Å². The normalized spacial score (nSPS) is 20.6. The molecule has 0 radical (unpaired) electrons. The average Bonchev–Trinajstić information content (AvgIpc) is 2.49. The molecule has 72 valence electrons. The van der Waals surface area contributed by atoms with Gasteiger partial charge in [0.2, 0.25) is 0 Å². The predicted molar refractivity (Wildman–Crippen MR) is 61.4 cm³/mol. The lowest BCUT2D eigenvalue weighted by atomic mass is 10.00. The molecule has 0 aliphatic carbocycles. The van der Waals surface area contributed by atoms with E-state index < -0.39 is 0 Å². The number of hydrazone groups is 1. The summed E-state index contributed by atoms with van der Waals surface area (Å²) in [5, 5.41) is 4.13. The van der Waals surface area contributed by atoms with E-state index in [0.29, 0.717) is 4.99 Å². The summed E-state index contributed by atoms with van der Waals surface area (Å²) in [7, 11) is 0. The van der Waals surface area contributed by atoms with Gasteiger partial charge in [-0.25, -0.2) is 0 Å². The fraction of sp³-hybridized carbons (Fsp3) is 0.200. The number of rotatable bonds is 1. The van der Waals surface area contributed by atoms with E-state index in [-0.39, 0.29) is 6.04 Å². The van der Waals surface area contributed by atoms with Crippen LogP contribution in [-0.4, -0.2) is 16.7 Å². The lowest BCUT2D eigenvalue weighted by molar-refractivity contribution is 1.06. The highest BCUT2D eigenvalue weighted by atomic mass is 32.1. The molecule has 3 N–H and O–H groups in total. The van der Waals surface area contributed by atoms with E-state index in [9.17, 15) is 0 Å². The van der Waals surface area contributed by atoms with Crippen LogP contribution in [0, 0.1) is 6.92 Å². The molecule has 1 aromatic rings. The van der Waals surface area contributed by atoms with Gasteiger partial charge in [-0.05, 0) is 12.5 Å². The molecule has 4 heteroatoms. The molecule has 1 aliphatic rings. The summed E-state index contributed by atoms with van der Waals surface area (Å²) in [5.74, 6) is 0. The van der Waals surface area contributed by atoms with E-state index in [4.69, 9.17) is 18.0 Å². The van der Waals surface area contributed by atoms with Crippen molar-refractivity contribution in [3.05, 3.63) is 35.4 Å². The fourth-order valence-corrected chi connectivity index (χ4v) is 1.62. The Morgan fingerprint density at radius 1 is 1.43 bits per heavy atom. The molecule has 0 fully saturated rings. The molecule has 14 heavy (non-hydrogen) atoms. The second-order valence-corrected chi connectivity index (χ2v) is 3.71. The van der Waals surface area contributed by atoms with E-state index in [2.05, 4.69) is 10.5 Å². The first kappa shape index (κ1) is 9.30. The lowest BCUT2D eigenvalue weighted by Gasteiger charge is -2.08. The summed E-state index contributed by atoms with van der Waals surface area (Å²) >= 11 is 5.01. The molecule has 0 saturated heterocycles. The van der Waals surface area contributed by atoms with Gasteiger partial charge in [-0.3, -0.25) is 5.43 Å². The molecule has 1 unspecified atom stereocenters. The minimum absolute atomic E-state index is 0.272. The molecule has 1 aliphatic heterocycles. The molecule has 1 heterocycles. The van der Waals surface area contributed by atoms with Crippen LogP contribution < -0.4 is 11.2 Å². The van der Waals surface area contributed by atoms with Crippen LogP contribution in [0.25, 0.3) is 0 Å². The highest BCUT2D eigenvalue weighted by Gasteiger charge is 2.24. The Morgan fingerprint density at radius 2 is 2.14 bits per heavy atom. The predicted octanol–water partition coefficient (Wildman–Crippen LogP) is 0.957. The lowest BCUT2D eigenvalue weighted by Crippen LogP contribution is -2.36. The summed E-state index contributed by atoms with van der Waals surface area (Å²) in [4.78, 5) is 0.586. The molecule has 0 amide bonds. The van der Waals surface area contributed by atoms with Gasteiger partial charge in [0.15, 0.2) is 0 Å². The van der Waals surface area contributed by atoms with Gasteiger partial charge in [0.25, 0.3) is 0 Å². The summed E-state index contributed by atoms with van der Waals surface area (Å²) in [6.45, 7) is 2.03. The number of benzene rings is 1. The van der Waals surface area contributed by atoms with Crippen LogP contribution in [0.5, 0.6) is 0 Å². The average molecular weight is 205 g/mol. The van der Waals surface area contributed by atoms with Gasteiger partial charge in [-0.1, -0.05) is 36.5 Å². The third-order valence-corrected chi connectivity index (χ3v) is 2.63. The Balaban J connectivity index is 2.42. The van der Waals surface area contributed by atoms with Crippen LogP contribution in [-0.2, 0) is 0 Å². The number of nitrogens with two attached hydrogens (primary N) is 1. The third kappa shape index (κ3) is 1.42. The quantitative estimate of drug-likeness (QED) is 0.671. The Kier molecular flexibility index (Phi) is 2.31. The van der Waals surface area contributed by atoms with E-state index in [1.807, 2.05) is 31.2 Å². The zero-order valence-electron chi connectivity index (χ0n) is 7.82. The van der Waals surface area contributed by atoms with Gasteiger partial charge in [0.1, 0.15) is 11.0 Å². The number of nitrogens with zero attached hydrogens (tertiary/aromatic N) is 1. The van der Waals surface area contributed by atoms with Gasteiger partial charge in [0.05, 0.1) is 5.71 Å². The van der Waals surface area contributed by atoms with Gasteiger partial charge < -0.3 is 5.73 Å². The first-order valence-corrected chi connectivity index (χ1v) is 4.80. The van der Waals surface area contributed by atoms with Crippen molar-refractivity contribution in [3.8, 4) is 0 Å². The van der Waals surface area contributed by atoms with Crippen molar-refractivity contribution < 1.29 is 0 Å². The highest BCUT2D eigenvalue weighted by Crippen LogP contribution is 2.13. The number of hydrogen-bond acceptors (Lipinski definition) is 3. The summed E-state index contributed by atoms with van der Waals surface area (Å²) in [6.07, 6.45) is 0. The zero-order valence-corrected chi connectivity index (χ0v) is 8.64. The monoisotopic (exact) mass is 205 g/mol. The molecule has 1 atom stereocenters. The van der Waals surface area contributed by atoms with Crippen LogP contribution in [0.1, 0.15) is 11.1 Å². The van der Waals surface area contributed by atoms with Crippen molar-refractivity contribution in [1.82, 2.24) is 5.43 Å². The SMILES string of the molecule is Cc1ccccc1C1=NNC(=S)C1N. The van der Waals surface area contributed by atoms with E-state index in [1.165, 1.54) is 0 Å². The van der Waals surface area contributed by atoms with Gasteiger partial charge in [0, 0.05) is 5.56 Å². The molecule has 3 nitrogen and oxygen atoms in total. The van der Waals surface area contributed by atoms with Crippen molar-refractivity contribution in [2.75, 3.05) is 0 Å². The second kappa shape index (κ2) is 3.48. The van der Waals surface area contributed by atoms with E-state index in [0.717, 1.165) is 16.8 Å². The molecule has 2 rings (SSSR count). The Hall–Kier alpha value is -1.26. The molecule has 0 saturated carbocycles. The standard InChI is InChI=1S/C10H11N3S/c1-6-4-2-3-5-7(6)9-8(11)10(14)13-12-9/h2-5,8H,11H2,1H3,(H,13,14). The smallest absolute Gasteiger partial charge is 0.119 e. The largest absolute Gasteiger partial charge is 0.317 e. The maximum atomic E-state index is 5.89. The summed E-state index contributed by atoms with van der Waals surface area (Å²) in [5.41, 5.74) is 11.7. The summed E-state index contributed by atoms with van der Waals surface area (Å²) in [6, 6.07) is 7.73. The molecule has 0 aromatic heterocycles. The maximum Gasteiger partial charge on any atom is 0.119 e. The van der Waals surface area contributed by atoms with Crippen LogP contribution in [0.15, 0.2) is 29.4 Å². The van der Waals surface area contributed by atoms with Crippen molar-refractivity contribution in [2.45, 2.75) is 13.0 Å². The third-order valence-electron chi connectivity index (χ3n) is 2.28. The van der Waals surface area contributed by atoms with Crippen LogP contribution >= 0.6 is 12.2 Å². The first-order valence-electron chi connectivity index (χ1n) is 4.39. The molecule has 0 spiro atoms. The Labute approximate surface area is 88.0 Å². The maximum absolute atomic E-state index is 5.89. The molecule has 0 bridgehead atoms. The number of nitrogens with one attached hydrogen (secondary N) is 1. The minimum atomic E-state index is -0.272. The molecular weight excluding hydrogens is 194 g/mol. The Bertz CT molecular complexity index is 412. The van der Waals surface area contributed by atoms with Gasteiger partial charge >= 0.3 is 0 Å². The van der Waals surface area contributed by atoms with E-state index in [1.54, 1.807) is 0 Å². The Morgan fingerprint density at radius 3 is 2.71 bits per heavy atom. The van der Waals surface area contributed by atoms with Crippen molar-refractivity contribution in [2.24, 2.45) is 10.8 Å². The first-order chi connectivity index (χ1) is 6.70. The van der Waals surface area contributed by atoms with Gasteiger partial charge in [-0.15, -0.1) is 0 Å². The van der Waals surface area contributed by atoms with Crippen molar-refractivity contribution in [3.63, 3.8) is 0 Å². The molecule has 1 aromatic carbocycles. The fourth-order valence-electron chi connectivity index (χ4n) is 1.47. The van der Waals surface area contributed by atoms with E-state index >= 15 is 0 Å². The van der Waals surface area contributed by atoms with Crippen LogP contribution in [0.2, 0.25) is 0 Å². The topological polar surface area (TPSA) is 50.4 Å². The number of hydrogen-bond donors (Lipinski definition) is 2. The second-order valence-electron chi connectivity index (χ2n) is 3.27. The zero-order chi connectivity index (χ0) is 10.1. The minimum Gasteiger partial charge on any atom is -0.317 e. The summed E-state index contributed by atoms with van der Waals surface area (Å²) < 4.78 is 0.